The number of aromatic amines is 1. The van der Waals surface area contributed by atoms with Gasteiger partial charge in [0.2, 0.25) is 5.91 Å². The van der Waals surface area contributed by atoms with Crippen LogP contribution in [0.2, 0.25) is 0 Å². The number of piperidine rings is 1. The summed E-state index contributed by atoms with van der Waals surface area (Å²) in [5.41, 5.74) is -0.104. The summed E-state index contributed by atoms with van der Waals surface area (Å²) in [6, 6.07) is 1.14. The lowest BCUT2D eigenvalue weighted by Crippen LogP contribution is -2.39. The van der Waals surface area contributed by atoms with Crippen molar-refractivity contribution in [3.63, 3.8) is 0 Å². The Morgan fingerprint density at radius 2 is 2.00 bits per heavy atom. The number of H-pyrrole nitrogens is 1. The fourth-order valence-corrected chi connectivity index (χ4v) is 3.54. The van der Waals surface area contributed by atoms with Gasteiger partial charge in [-0.2, -0.15) is 5.10 Å². The third kappa shape index (κ3) is 5.09. The highest BCUT2D eigenvalue weighted by atomic mass is 19.1. The van der Waals surface area contributed by atoms with Crippen molar-refractivity contribution in [1.29, 1.82) is 0 Å². The molecule has 2 N–H and O–H groups in total. The van der Waals surface area contributed by atoms with E-state index in [-0.39, 0.29) is 34.8 Å². The van der Waals surface area contributed by atoms with Crippen LogP contribution in [0.3, 0.4) is 0 Å². The van der Waals surface area contributed by atoms with Gasteiger partial charge >= 0.3 is 0 Å². The summed E-state index contributed by atoms with van der Waals surface area (Å²) >= 11 is 0. The Labute approximate surface area is 157 Å². The lowest BCUT2D eigenvalue weighted by atomic mass is 9.87. The molecule has 27 heavy (non-hydrogen) atoms. The van der Waals surface area contributed by atoms with Gasteiger partial charge in [0, 0.05) is 24.7 Å². The highest BCUT2D eigenvalue weighted by Crippen LogP contribution is 2.27. The number of nitrogens with zero attached hydrogens (tertiary/aromatic N) is 3. The van der Waals surface area contributed by atoms with Crippen molar-refractivity contribution in [1.82, 2.24) is 20.1 Å². The molecule has 0 aromatic carbocycles. The van der Waals surface area contributed by atoms with Crippen LogP contribution in [0.5, 0.6) is 0 Å². The van der Waals surface area contributed by atoms with Gasteiger partial charge in [-0.1, -0.05) is 20.3 Å². The van der Waals surface area contributed by atoms with Gasteiger partial charge in [-0.25, -0.2) is 8.78 Å². The fourth-order valence-electron chi connectivity index (χ4n) is 3.54. The smallest absolute Gasteiger partial charge is 0.226 e. The number of amides is 1. The standard InChI is InChI=1S/C19H25F2N5O/c1-19(2,12-26-6-4-3-5-7-26)9-15(27)23-18-16(21)17(24-25-18)13-8-14(20)11-22-10-13/h8,10-11H,3-7,9,12H2,1-2H3,(H2,23,24,25,27). The molecule has 1 saturated heterocycles. The van der Waals surface area contributed by atoms with Crippen LogP contribution < -0.4 is 5.32 Å². The first-order valence-electron chi connectivity index (χ1n) is 9.21. The molecule has 0 atom stereocenters. The topological polar surface area (TPSA) is 73.9 Å². The molecule has 3 heterocycles. The van der Waals surface area contributed by atoms with E-state index in [1.165, 1.54) is 25.5 Å². The Kier molecular flexibility index (Phi) is 5.84. The third-order valence-electron chi connectivity index (χ3n) is 4.69. The predicted molar refractivity (Wildman–Crippen MR) is 99.1 cm³/mol. The molecule has 0 radical (unpaired) electrons. The Morgan fingerprint density at radius 3 is 2.70 bits per heavy atom. The first-order valence-corrected chi connectivity index (χ1v) is 9.21. The van der Waals surface area contributed by atoms with Crippen molar-refractivity contribution in [3.8, 4) is 11.3 Å². The summed E-state index contributed by atoms with van der Waals surface area (Å²) in [6.07, 6.45) is 6.26. The lowest BCUT2D eigenvalue weighted by molar-refractivity contribution is -0.118. The highest BCUT2D eigenvalue weighted by molar-refractivity contribution is 5.91. The molecule has 6 nitrogen and oxygen atoms in total. The lowest BCUT2D eigenvalue weighted by Gasteiger charge is -2.34. The molecule has 1 amide bonds. The molecule has 0 unspecified atom stereocenters. The van der Waals surface area contributed by atoms with Gasteiger partial charge in [-0.05, 0) is 37.4 Å². The van der Waals surface area contributed by atoms with Crippen LogP contribution in [0, 0.1) is 17.0 Å². The summed E-state index contributed by atoms with van der Waals surface area (Å²) in [5, 5.41) is 8.86. The number of aromatic nitrogens is 3. The predicted octanol–water partition coefficient (Wildman–Crippen LogP) is 3.59. The summed E-state index contributed by atoms with van der Waals surface area (Å²) in [7, 11) is 0. The number of hydrogen-bond acceptors (Lipinski definition) is 4. The van der Waals surface area contributed by atoms with Gasteiger partial charge in [0.25, 0.3) is 0 Å². The van der Waals surface area contributed by atoms with E-state index in [4.69, 9.17) is 0 Å². The van der Waals surface area contributed by atoms with Crippen LogP contribution in [0.1, 0.15) is 39.5 Å². The van der Waals surface area contributed by atoms with Gasteiger partial charge in [0.05, 0.1) is 6.20 Å². The molecule has 0 aliphatic carbocycles. The summed E-state index contributed by atoms with van der Waals surface area (Å²) in [6.45, 7) is 7.02. The van der Waals surface area contributed by atoms with Crippen LogP contribution in [0.25, 0.3) is 11.3 Å². The number of anilines is 1. The quantitative estimate of drug-likeness (QED) is 0.807. The zero-order valence-electron chi connectivity index (χ0n) is 15.7. The molecular formula is C19H25F2N5O. The fraction of sp³-hybridized carbons (Fsp3) is 0.526. The second kappa shape index (κ2) is 8.12. The van der Waals surface area contributed by atoms with Gasteiger partial charge < -0.3 is 10.2 Å². The molecule has 2 aromatic rings. The Hall–Kier alpha value is -2.35. The first kappa shape index (κ1) is 19.4. The van der Waals surface area contributed by atoms with Crippen LogP contribution in [-0.2, 0) is 4.79 Å². The Bertz CT molecular complexity index is 799. The van der Waals surface area contributed by atoms with Crippen molar-refractivity contribution in [2.45, 2.75) is 39.5 Å². The maximum atomic E-state index is 14.5. The minimum Gasteiger partial charge on any atom is -0.309 e. The van der Waals surface area contributed by atoms with Gasteiger partial charge in [0.1, 0.15) is 11.5 Å². The van der Waals surface area contributed by atoms with Crippen LogP contribution in [0.4, 0.5) is 14.6 Å². The maximum Gasteiger partial charge on any atom is 0.226 e. The Morgan fingerprint density at radius 1 is 1.26 bits per heavy atom. The maximum absolute atomic E-state index is 14.5. The van der Waals surface area contributed by atoms with Crippen LogP contribution in [-0.4, -0.2) is 45.6 Å². The zero-order chi connectivity index (χ0) is 19.4. The normalized spacial score (nSPS) is 15.7. The Balaban J connectivity index is 1.62. The number of nitrogens with one attached hydrogen (secondary N) is 2. The van der Waals surface area contributed by atoms with Crippen molar-refractivity contribution in [3.05, 3.63) is 30.1 Å². The van der Waals surface area contributed by atoms with E-state index in [0.717, 1.165) is 31.9 Å². The monoisotopic (exact) mass is 377 g/mol. The molecule has 1 aliphatic rings. The van der Waals surface area contributed by atoms with Gasteiger partial charge in [0.15, 0.2) is 11.6 Å². The zero-order valence-corrected chi connectivity index (χ0v) is 15.7. The number of pyridine rings is 1. The van der Waals surface area contributed by atoms with E-state index in [2.05, 4.69) is 25.4 Å². The molecule has 0 saturated carbocycles. The molecule has 1 aliphatic heterocycles. The van der Waals surface area contributed by atoms with Gasteiger partial charge in [-0.3, -0.25) is 14.9 Å². The number of carbonyl (C=O) groups is 1. The van der Waals surface area contributed by atoms with Crippen LogP contribution in [0.15, 0.2) is 18.5 Å². The molecule has 2 aromatic heterocycles. The molecular weight excluding hydrogens is 352 g/mol. The van der Waals surface area contributed by atoms with E-state index >= 15 is 0 Å². The van der Waals surface area contributed by atoms with E-state index in [1.54, 1.807) is 0 Å². The number of hydrogen-bond donors (Lipinski definition) is 2. The van der Waals surface area contributed by atoms with E-state index < -0.39 is 11.6 Å². The largest absolute Gasteiger partial charge is 0.309 e. The minimum absolute atomic E-state index is 0.0788. The van der Waals surface area contributed by atoms with Crippen molar-refractivity contribution in [2.24, 2.45) is 5.41 Å². The molecule has 3 rings (SSSR count). The summed E-state index contributed by atoms with van der Waals surface area (Å²) in [4.78, 5) is 18.5. The van der Waals surface area contributed by atoms with Gasteiger partial charge in [-0.15, -0.1) is 0 Å². The minimum atomic E-state index is -0.732. The summed E-state index contributed by atoms with van der Waals surface area (Å²) < 4.78 is 27.8. The molecule has 0 bridgehead atoms. The average Bonchev–Trinajstić information content (AvgIpc) is 2.95. The molecule has 146 valence electrons. The highest BCUT2D eigenvalue weighted by Gasteiger charge is 2.27. The third-order valence-corrected chi connectivity index (χ3v) is 4.69. The summed E-state index contributed by atoms with van der Waals surface area (Å²) in [5.74, 6) is -1.72. The molecule has 0 spiro atoms. The second-order valence-electron chi connectivity index (χ2n) is 7.88. The number of carbonyl (C=O) groups excluding carboxylic acids is 1. The van der Waals surface area contributed by atoms with E-state index in [9.17, 15) is 13.6 Å². The molecule has 8 heteroatoms. The van der Waals surface area contributed by atoms with E-state index in [1.807, 2.05) is 13.8 Å². The van der Waals surface area contributed by atoms with Crippen LogP contribution >= 0.6 is 0 Å². The van der Waals surface area contributed by atoms with Crippen molar-refractivity contribution < 1.29 is 13.6 Å². The number of halogens is 2. The molecule has 1 fully saturated rings. The number of likely N-dealkylation sites (tertiary alicyclic amines) is 1. The first-order chi connectivity index (χ1) is 12.8. The number of rotatable bonds is 6. The second-order valence-corrected chi connectivity index (χ2v) is 7.88. The van der Waals surface area contributed by atoms with Crippen molar-refractivity contribution in [2.75, 3.05) is 25.0 Å². The van der Waals surface area contributed by atoms with E-state index in [0.29, 0.717) is 0 Å². The SMILES string of the molecule is CC(C)(CC(=O)Nc1[nH]nc(-c2cncc(F)c2)c1F)CN1CCCCC1. The average molecular weight is 377 g/mol. The van der Waals surface area contributed by atoms with Crippen molar-refractivity contribution >= 4 is 11.7 Å².